The molecule has 0 fully saturated rings. The first-order valence-electron chi connectivity index (χ1n) is 5.50. The van der Waals surface area contributed by atoms with E-state index in [0.717, 1.165) is 12.1 Å². The maximum atomic E-state index is 13.1. The number of pyridine rings is 1. The number of aromatic nitrogens is 1. The molecule has 0 aliphatic heterocycles. The van der Waals surface area contributed by atoms with Crippen molar-refractivity contribution in [1.82, 2.24) is 4.57 Å². The van der Waals surface area contributed by atoms with Crippen molar-refractivity contribution < 1.29 is 9.18 Å². The summed E-state index contributed by atoms with van der Waals surface area (Å²) in [4.78, 5) is 23.1. The number of halogens is 1. The third-order valence-corrected chi connectivity index (χ3v) is 2.53. The Morgan fingerprint density at radius 3 is 2.68 bits per heavy atom. The van der Waals surface area contributed by atoms with Crippen LogP contribution in [-0.4, -0.2) is 10.5 Å². The summed E-state index contributed by atoms with van der Waals surface area (Å²) in [5, 5.41) is 2.56. The topological polar surface area (TPSA) is 77.1 Å². The molecule has 0 saturated carbocycles. The van der Waals surface area contributed by atoms with Gasteiger partial charge in [-0.15, -0.1) is 0 Å². The van der Waals surface area contributed by atoms with Crippen LogP contribution < -0.4 is 16.6 Å². The lowest BCUT2D eigenvalue weighted by atomic mass is 10.2. The first kappa shape index (κ1) is 12.8. The van der Waals surface area contributed by atoms with Crippen LogP contribution in [0.15, 0.2) is 41.3 Å². The largest absolute Gasteiger partial charge is 0.399 e. The van der Waals surface area contributed by atoms with Crippen molar-refractivity contribution in [2.75, 3.05) is 11.1 Å². The lowest BCUT2D eigenvalue weighted by Gasteiger charge is -2.07. The standard InChI is InChI=1S/C13H12FN3O2/c1-17-7-11(2-3-12(17)18)16-13(19)8-4-9(14)6-10(15)5-8/h2-7H,15H2,1H3,(H,16,19). The summed E-state index contributed by atoms with van der Waals surface area (Å²) in [7, 11) is 1.57. The van der Waals surface area contributed by atoms with Gasteiger partial charge in [-0.1, -0.05) is 0 Å². The summed E-state index contributed by atoms with van der Waals surface area (Å²) in [6.45, 7) is 0. The molecule has 1 amide bonds. The summed E-state index contributed by atoms with van der Waals surface area (Å²) in [5.74, 6) is -1.07. The van der Waals surface area contributed by atoms with Gasteiger partial charge in [0, 0.05) is 30.6 Å². The minimum Gasteiger partial charge on any atom is -0.399 e. The Morgan fingerprint density at radius 1 is 1.32 bits per heavy atom. The van der Waals surface area contributed by atoms with Crippen molar-refractivity contribution in [2.45, 2.75) is 0 Å². The number of nitrogens with one attached hydrogen (secondary N) is 1. The van der Waals surface area contributed by atoms with E-state index in [9.17, 15) is 14.0 Å². The van der Waals surface area contributed by atoms with E-state index < -0.39 is 11.7 Å². The fourth-order valence-electron chi connectivity index (χ4n) is 1.61. The van der Waals surface area contributed by atoms with Crippen LogP contribution in [0.2, 0.25) is 0 Å². The molecule has 1 aromatic heterocycles. The Labute approximate surface area is 108 Å². The third kappa shape index (κ3) is 2.98. The SMILES string of the molecule is Cn1cc(NC(=O)c2cc(N)cc(F)c2)ccc1=O. The van der Waals surface area contributed by atoms with E-state index in [-0.39, 0.29) is 16.8 Å². The molecule has 98 valence electrons. The van der Waals surface area contributed by atoms with Crippen LogP contribution in [0.4, 0.5) is 15.8 Å². The molecule has 0 radical (unpaired) electrons. The minimum atomic E-state index is -0.578. The molecule has 1 heterocycles. The van der Waals surface area contributed by atoms with Crippen LogP contribution in [0.25, 0.3) is 0 Å². The summed E-state index contributed by atoms with van der Waals surface area (Å²) >= 11 is 0. The van der Waals surface area contributed by atoms with Crippen LogP contribution in [0.3, 0.4) is 0 Å². The summed E-state index contributed by atoms with van der Waals surface area (Å²) in [6.07, 6.45) is 1.48. The smallest absolute Gasteiger partial charge is 0.255 e. The van der Waals surface area contributed by atoms with E-state index in [0.29, 0.717) is 5.69 Å². The molecular formula is C13H12FN3O2. The van der Waals surface area contributed by atoms with Gasteiger partial charge >= 0.3 is 0 Å². The first-order chi connectivity index (χ1) is 8.95. The van der Waals surface area contributed by atoms with Crippen molar-refractivity contribution in [1.29, 1.82) is 0 Å². The van der Waals surface area contributed by atoms with Gasteiger partial charge in [-0.25, -0.2) is 4.39 Å². The van der Waals surface area contributed by atoms with Crippen molar-refractivity contribution in [3.63, 3.8) is 0 Å². The van der Waals surface area contributed by atoms with E-state index in [2.05, 4.69) is 5.32 Å². The number of benzene rings is 1. The molecule has 2 rings (SSSR count). The Bertz CT molecular complexity index is 674. The zero-order valence-corrected chi connectivity index (χ0v) is 10.2. The highest BCUT2D eigenvalue weighted by Crippen LogP contribution is 2.13. The molecule has 19 heavy (non-hydrogen) atoms. The molecule has 0 spiro atoms. The molecule has 0 unspecified atom stereocenters. The average molecular weight is 261 g/mol. The van der Waals surface area contributed by atoms with Gasteiger partial charge in [0.2, 0.25) is 5.56 Å². The molecule has 0 saturated heterocycles. The fraction of sp³-hybridized carbons (Fsp3) is 0.0769. The molecule has 3 N–H and O–H groups in total. The molecule has 6 heteroatoms. The van der Waals surface area contributed by atoms with Gasteiger partial charge in [-0.05, 0) is 24.3 Å². The quantitative estimate of drug-likeness (QED) is 0.801. The highest BCUT2D eigenvalue weighted by atomic mass is 19.1. The van der Waals surface area contributed by atoms with E-state index >= 15 is 0 Å². The molecule has 0 aliphatic carbocycles. The van der Waals surface area contributed by atoms with Gasteiger partial charge in [-0.3, -0.25) is 9.59 Å². The summed E-state index contributed by atoms with van der Waals surface area (Å²) in [5.41, 5.74) is 6.01. The maximum absolute atomic E-state index is 13.1. The van der Waals surface area contributed by atoms with Crippen LogP contribution in [0.5, 0.6) is 0 Å². The molecule has 0 aliphatic rings. The van der Waals surface area contributed by atoms with Gasteiger partial charge in [-0.2, -0.15) is 0 Å². The van der Waals surface area contributed by atoms with Gasteiger partial charge in [0.1, 0.15) is 5.82 Å². The second-order valence-electron chi connectivity index (χ2n) is 4.09. The predicted octanol–water partition coefficient (Wildman–Crippen LogP) is 1.36. The number of rotatable bonds is 2. The Kier molecular flexibility index (Phi) is 3.33. The number of nitrogen functional groups attached to an aromatic ring is 1. The summed E-state index contributed by atoms with van der Waals surface area (Å²) in [6, 6.07) is 6.40. The minimum absolute atomic E-state index is 0.117. The van der Waals surface area contributed by atoms with E-state index in [4.69, 9.17) is 5.73 Å². The van der Waals surface area contributed by atoms with Gasteiger partial charge < -0.3 is 15.6 Å². The van der Waals surface area contributed by atoms with Crippen molar-refractivity contribution in [3.05, 3.63) is 58.3 Å². The number of carbonyl (C=O) groups excluding carboxylic acids is 1. The number of hydrogen-bond acceptors (Lipinski definition) is 3. The van der Waals surface area contributed by atoms with Crippen molar-refractivity contribution >= 4 is 17.3 Å². The van der Waals surface area contributed by atoms with Crippen LogP contribution in [-0.2, 0) is 7.05 Å². The second kappa shape index (κ2) is 4.93. The normalized spacial score (nSPS) is 10.2. The third-order valence-electron chi connectivity index (χ3n) is 2.53. The molecule has 5 nitrogen and oxygen atoms in total. The van der Waals surface area contributed by atoms with Crippen LogP contribution in [0.1, 0.15) is 10.4 Å². The van der Waals surface area contributed by atoms with E-state index in [1.54, 1.807) is 7.05 Å². The Hall–Kier alpha value is -2.63. The predicted molar refractivity (Wildman–Crippen MR) is 70.4 cm³/mol. The number of nitrogens with zero attached hydrogens (tertiary/aromatic N) is 1. The lowest BCUT2D eigenvalue weighted by Crippen LogP contribution is -2.18. The summed E-state index contributed by atoms with van der Waals surface area (Å²) < 4.78 is 14.5. The van der Waals surface area contributed by atoms with Gasteiger partial charge in [0.05, 0.1) is 5.69 Å². The van der Waals surface area contributed by atoms with Crippen molar-refractivity contribution in [3.8, 4) is 0 Å². The van der Waals surface area contributed by atoms with E-state index in [1.807, 2.05) is 0 Å². The second-order valence-corrected chi connectivity index (χ2v) is 4.09. The first-order valence-corrected chi connectivity index (χ1v) is 5.50. The highest BCUT2D eigenvalue weighted by molar-refractivity contribution is 6.04. The highest BCUT2D eigenvalue weighted by Gasteiger charge is 2.09. The van der Waals surface area contributed by atoms with E-state index in [1.165, 1.54) is 29.0 Å². The zero-order valence-electron chi connectivity index (χ0n) is 10.2. The number of amides is 1. The Balaban J connectivity index is 2.25. The number of nitrogens with two attached hydrogens (primary N) is 1. The molecule has 0 atom stereocenters. The van der Waals surface area contributed by atoms with Crippen molar-refractivity contribution in [2.24, 2.45) is 7.05 Å². The van der Waals surface area contributed by atoms with Crippen LogP contribution >= 0.6 is 0 Å². The van der Waals surface area contributed by atoms with Gasteiger partial charge in [0.15, 0.2) is 0 Å². The molecular weight excluding hydrogens is 249 g/mol. The number of anilines is 2. The average Bonchev–Trinajstić information content (AvgIpc) is 2.32. The lowest BCUT2D eigenvalue weighted by molar-refractivity contribution is 0.102. The monoisotopic (exact) mass is 261 g/mol. The van der Waals surface area contributed by atoms with Gasteiger partial charge in [0.25, 0.3) is 5.91 Å². The number of hydrogen-bond donors (Lipinski definition) is 2. The number of carbonyl (C=O) groups is 1. The number of aryl methyl sites for hydroxylation is 1. The molecule has 0 bridgehead atoms. The molecule has 2 aromatic rings. The molecule has 1 aromatic carbocycles. The van der Waals surface area contributed by atoms with Crippen LogP contribution in [0, 0.1) is 5.82 Å². The zero-order chi connectivity index (χ0) is 14.0. The Morgan fingerprint density at radius 2 is 2.05 bits per heavy atom. The fourth-order valence-corrected chi connectivity index (χ4v) is 1.61. The maximum Gasteiger partial charge on any atom is 0.255 e.